The van der Waals surface area contributed by atoms with Crippen LogP contribution in [0.5, 0.6) is 0 Å². The van der Waals surface area contributed by atoms with Gasteiger partial charge in [-0.25, -0.2) is 9.78 Å². The van der Waals surface area contributed by atoms with Gasteiger partial charge in [0, 0.05) is 18.2 Å². The average Bonchev–Trinajstić information content (AvgIpc) is 3.25. The zero-order valence-electron chi connectivity index (χ0n) is 17.1. The fraction of sp³-hybridized carbons (Fsp3) is 0.375. The van der Waals surface area contributed by atoms with Crippen LogP contribution in [0.25, 0.3) is 0 Å². The van der Waals surface area contributed by atoms with Crippen molar-refractivity contribution in [1.29, 1.82) is 0 Å². The molecule has 18 heteroatoms. The number of carboxylic acid groups (broad SMARTS) is 2. The Morgan fingerprint density at radius 2 is 2.09 bits per heavy atom. The van der Waals surface area contributed by atoms with Crippen molar-refractivity contribution in [3.63, 3.8) is 0 Å². The molecule has 0 radical (unpaired) electrons. The Labute approximate surface area is 192 Å². The maximum Gasteiger partial charge on any atom is 0.512 e. The zero-order chi connectivity index (χ0) is 25.2. The third-order valence-electron chi connectivity index (χ3n) is 4.50. The number of carbonyl (C=O) groups excluding carboxylic acids is 3. The lowest BCUT2D eigenvalue weighted by atomic mass is 10.1. The molecular weight excluding hydrogens is 482 g/mol. The number of fused-ring (bicyclic) bond motifs is 1. The number of aromatic nitrogens is 3. The number of ether oxygens (including phenoxy) is 2. The van der Waals surface area contributed by atoms with Gasteiger partial charge >= 0.3 is 18.1 Å². The molecule has 2 amide bonds. The molecule has 0 aromatic carbocycles. The van der Waals surface area contributed by atoms with Gasteiger partial charge in [0.15, 0.2) is 11.9 Å². The Morgan fingerprint density at radius 1 is 1.38 bits per heavy atom. The number of carbonyl (C=O) groups is 5. The summed E-state index contributed by atoms with van der Waals surface area (Å²) in [4.78, 5) is 63.1. The van der Waals surface area contributed by atoms with Crippen molar-refractivity contribution >= 4 is 47.4 Å². The molecule has 0 aliphatic carbocycles. The summed E-state index contributed by atoms with van der Waals surface area (Å²) in [6.07, 6.45) is -1.70. The van der Waals surface area contributed by atoms with Crippen LogP contribution >= 0.6 is 11.8 Å². The number of oxime groups is 1. The Balaban J connectivity index is 1.75. The standard InChI is InChI=1S/C16H17N7O10S/c1-4(24)32-2-5-3-34-14-8(12(26)23(14)13(5)33-16(29)30)18-11(25)7(22-31)10-19-9(20-21-10)6(17)15(27)28/h6,8,14,31H,2-3,17H2,1H3,(H,18,25)(H,27,28)(H,29,30)(H,19,20,21)/t6?,8-,14+/m1/s1. The number of nitrogens with one attached hydrogen (secondary N) is 2. The first-order valence-corrected chi connectivity index (χ1v) is 10.2. The van der Waals surface area contributed by atoms with E-state index in [1.165, 1.54) is 0 Å². The molecule has 1 fully saturated rings. The second-order valence-corrected chi connectivity index (χ2v) is 7.83. The Hall–Kier alpha value is -4.19. The molecule has 34 heavy (non-hydrogen) atoms. The van der Waals surface area contributed by atoms with E-state index in [9.17, 15) is 29.2 Å². The molecule has 182 valence electrons. The van der Waals surface area contributed by atoms with Crippen molar-refractivity contribution in [2.45, 2.75) is 24.4 Å². The van der Waals surface area contributed by atoms with Crippen molar-refractivity contribution in [2.75, 3.05) is 12.4 Å². The van der Waals surface area contributed by atoms with Crippen LogP contribution in [0.2, 0.25) is 0 Å². The first-order chi connectivity index (χ1) is 16.0. The molecule has 1 unspecified atom stereocenters. The summed E-state index contributed by atoms with van der Waals surface area (Å²) in [6.45, 7) is 0.857. The maximum atomic E-state index is 12.7. The number of nitrogens with two attached hydrogens (primary N) is 1. The lowest BCUT2D eigenvalue weighted by Crippen LogP contribution is -2.70. The number of thioether (sulfide) groups is 1. The highest BCUT2D eigenvalue weighted by molar-refractivity contribution is 8.00. The smallest absolute Gasteiger partial charge is 0.480 e. The van der Waals surface area contributed by atoms with E-state index >= 15 is 0 Å². The Kier molecular flexibility index (Phi) is 7.01. The van der Waals surface area contributed by atoms with Crippen LogP contribution in [0.3, 0.4) is 0 Å². The van der Waals surface area contributed by atoms with Gasteiger partial charge < -0.3 is 35.9 Å². The number of hydrogen-bond donors (Lipinski definition) is 6. The second-order valence-electron chi connectivity index (χ2n) is 6.73. The molecule has 2 aliphatic rings. The van der Waals surface area contributed by atoms with Crippen molar-refractivity contribution in [3.8, 4) is 0 Å². The number of esters is 1. The van der Waals surface area contributed by atoms with Crippen LogP contribution in [-0.2, 0) is 28.7 Å². The maximum absolute atomic E-state index is 12.7. The second kappa shape index (κ2) is 9.75. The number of hydrogen-bond acceptors (Lipinski definition) is 13. The average molecular weight is 499 g/mol. The molecule has 3 atom stereocenters. The van der Waals surface area contributed by atoms with Crippen LogP contribution in [0.4, 0.5) is 4.79 Å². The molecule has 0 spiro atoms. The van der Waals surface area contributed by atoms with Crippen molar-refractivity contribution < 1.29 is 48.9 Å². The van der Waals surface area contributed by atoms with Gasteiger partial charge in [0.2, 0.25) is 17.4 Å². The van der Waals surface area contributed by atoms with Crippen LogP contribution in [-0.4, -0.2) is 94.9 Å². The molecule has 1 aromatic rings. The molecule has 0 saturated carbocycles. The summed E-state index contributed by atoms with van der Waals surface area (Å²) in [6, 6.07) is -2.75. The predicted octanol–water partition coefficient (Wildman–Crippen LogP) is -2.06. The number of rotatable bonds is 8. The molecular formula is C16H17N7O10S. The van der Waals surface area contributed by atoms with Gasteiger partial charge in [-0.05, 0) is 0 Å². The van der Waals surface area contributed by atoms with E-state index in [1.807, 2.05) is 0 Å². The summed E-state index contributed by atoms with van der Waals surface area (Å²) < 4.78 is 9.57. The van der Waals surface area contributed by atoms with E-state index in [2.05, 4.69) is 25.7 Å². The minimum absolute atomic E-state index is 0.120. The first kappa shape index (κ1) is 24.5. The summed E-state index contributed by atoms with van der Waals surface area (Å²) in [7, 11) is 0. The van der Waals surface area contributed by atoms with Gasteiger partial charge in [-0.2, -0.15) is 5.10 Å². The highest BCUT2D eigenvalue weighted by atomic mass is 32.2. The summed E-state index contributed by atoms with van der Waals surface area (Å²) in [5.41, 5.74) is 4.89. The lowest BCUT2D eigenvalue weighted by molar-refractivity contribution is -0.148. The van der Waals surface area contributed by atoms with E-state index in [0.717, 1.165) is 23.6 Å². The van der Waals surface area contributed by atoms with Gasteiger partial charge in [-0.3, -0.25) is 29.2 Å². The molecule has 1 aromatic heterocycles. The topological polar surface area (TPSA) is 260 Å². The molecule has 3 rings (SSSR count). The van der Waals surface area contributed by atoms with E-state index in [1.54, 1.807) is 0 Å². The van der Waals surface area contributed by atoms with Crippen LogP contribution in [0.15, 0.2) is 16.6 Å². The molecule has 0 bridgehead atoms. The number of carboxylic acids is 1. The molecule has 2 aliphatic heterocycles. The minimum Gasteiger partial charge on any atom is -0.480 e. The number of nitrogens with zero attached hydrogens (tertiary/aromatic N) is 4. The van der Waals surface area contributed by atoms with E-state index < -0.39 is 58.9 Å². The summed E-state index contributed by atoms with van der Waals surface area (Å²) in [5.74, 6) is -4.88. The normalized spacial score (nSPS) is 20.7. The third-order valence-corrected chi connectivity index (χ3v) is 5.84. The summed E-state index contributed by atoms with van der Waals surface area (Å²) >= 11 is 1.13. The van der Waals surface area contributed by atoms with Gasteiger partial charge in [0.1, 0.15) is 18.0 Å². The van der Waals surface area contributed by atoms with Gasteiger partial charge in [-0.15, -0.1) is 11.8 Å². The van der Waals surface area contributed by atoms with Gasteiger partial charge in [0.25, 0.3) is 11.8 Å². The monoisotopic (exact) mass is 499 g/mol. The van der Waals surface area contributed by atoms with Crippen LogP contribution < -0.4 is 11.1 Å². The zero-order valence-corrected chi connectivity index (χ0v) is 17.9. The molecule has 7 N–H and O–H groups in total. The SMILES string of the molecule is CC(=O)OCC1=C(OC(=O)O)N2C(=O)[C@@H](NC(=O)C(=NO)c3n[nH]c(C(N)C(=O)O)n3)[C@@H]2SC1. The quantitative estimate of drug-likeness (QED) is 0.0738. The van der Waals surface area contributed by atoms with Crippen molar-refractivity contribution in [3.05, 3.63) is 23.1 Å². The van der Waals surface area contributed by atoms with E-state index in [-0.39, 0.29) is 29.6 Å². The highest BCUT2D eigenvalue weighted by Gasteiger charge is 2.54. The number of β-lactam (4-membered cyclic amide) rings is 1. The van der Waals surface area contributed by atoms with Crippen molar-refractivity contribution in [2.24, 2.45) is 10.9 Å². The fourth-order valence-electron chi connectivity index (χ4n) is 2.94. The van der Waals surface area contributed by atoms with Gasteiger partial charge in [0.05, 0.1) is 0 Å². The summed E-state index contributed by atoms with van der Waals surface area (Å²) in [5, 5.41) is 37.3. The predicted molar refractivity (Wildman–Crippen MR) is 107 cm³/mol. The molecule has 1 saturated heterocycles. The third kappa shape index (κ3) is 4.76. The largest absolute Gasteiger partial charge is 0.512 e. The Morgan fingerprint density at radius 3 is 2.68 bits per heavy atom. The van der Waals surface area contributed by atoms with Crippen LogP contribution in [0.1, 0.15) is 24.6 Å². The van der Waals surface area contributed by atoms with Crippen molar-refractivity contribution in [1.82, 2.24) is 25.4 Å². The minimum atomic E-state index is -1.70. The van der Waals surface area contributed by atoms with Gasteiger partial charge in [-0.1, -0.05) is 5.16 Å². The number of aliphatic carboxylic acids is 1. The highest BCUT2D eigenvalue weighted by Crippen LogP contribution is 2.40. The Bertz CT molecular complexity index is 1120. The van der Waals surface area contributed by atoms with E-state index in [0.29, 0.717) is 0 Å². The molecule has 3 heterocycles. The van der Waals surface area contributed by atoms with E-state index in [4.69, 9.17) is 25.4 Å². The number of H-pyrrole nitrogens is 1. The lowest BCUT2D eigenvalue weighted by Gasteiger charge is -2.49. The first-order valence-electron chi connectivity index (χ1n) is 9.20. The molecule has 17 nitrogen and oxygen atoms in total. The fourth-order valence-corrected chi connectivity index (χ4v) is 4.24. The number of aromatic amines is 1. The van der Waals surface area contributed by atoms with Crippen LogP contribution in [0, 0.1) is 0 Å². The number of amides is 2.